The van der Waals surface area contributed by atoms with Gasteiger partial charge in [0, 0.05) is 71.3 Å². The standard InChI is InChI=1S/C55H66N4O22S6/c1-7-58-42-18-16-38-40(28-36(84(69,70)71)30-44(38)86(75,76)77)49(42)53(3,4)46(58)20-14-34-27-35(33-55(32-34,52(62)57-23-26-83(66,67)68)51(61)56-22-11-9-10-13-48(60)81-8-2)15-21-47-54(5,6)50-41-29-37(85(72,73)74)31-45(87(78,79)80)39(41)17-19-43(50)59(47)24-12-25-82(63,64)65/h14-21,27-31H,7-13,22-26,32-33H2,1-6H3,(H7-,56,57,61,62,63,64,65,66,67,68,69,70,71,72,73,74,75,76,77,78,79,80)/p+1. The molecule has 1 aliphatic carbocycles. The minimum atomic E-state index is -5.17. The van der Waals surface area contributed by atoms with Gasteiger partial charge in [-0.05, 0) is 130 Å². The van der Waals surface area contributed by atoms with E-state index < -0.39 is 139 Å². The number of unbranched alkanes of at least 4 members (excludes halogenated alkanes) is 2. The first-order valence-corrected chi connectivity index (χ1v) is 36.0. The number of carbonyl (C=O) groups is 3. The summed E-state index contributed by atoms with van der Waals surface area (Å²) >= 11 is 0. The molecule has 0 fully saturated rings. The smallest absolute Gasteiger partial charge is 0.305 e. The number of carbonyl (C=O) groups excluding carboxylic acids is 3. The van der Waals surface area contributed by atoms with Gasteiger partial charge in [0.2, 0.25) is 17.5 Å². The molecule has 2 heterocycles. The maximum Gasteiger partial charge on any atom is 0.305 e. The number of nitrogens with zero attached hydrogens (tertiary/aromatic N) is 2. The molecule has 0 radical (unpaired) electrons. The summed E-state index contributed by atoms with van der Waals surface area (Å²) in [4.78, 5) is 40.2. The van der Waals surface area contributed by atoms with E-state index in [-0.39, 0.29) is 89.4 Å². The van der Waals surface area contributed by atoms with E-state index in [0.717, 1.165) is 12.1 Å². The van der Waals surface area contributed by atoms with E-state index in [4.69, 9.17) is 4.74 Å². The average molecular weight is 1330 g/mol. The number of ether oxygens (including phenoxy) is 1. The van der Waals surface area contributed by atoms with Crippen molar-refractivity contribution in [3.63, 3.8) is 0 Å². The lowest BCUT2D eigenvalue weighted by Crippen LogP contribution is -2.53. The Hall–Kier alpha value is -6.30. The van der Waals surface area contributed by atoms with E-state index in [1.54, 1.807) is 76.8 Å². The van der Waals surface area contributed by atoms with E-state index in [2.05, 4.69) is 10.6 Å². The number of rotatable bonds is 24. The van der Waals surface area contributed by atoms with Gasteiger partial charge in [-0.15, -0.1) is 0 Å². The summed E-state index contributed by atoms with van der Waals surface area (Å²) in [6.07, 6.45) is 8.20. The van der Waals surface area contributed by atoms with Crippen molar-refractivity contribution >= 4 is 117 Å². The van der Waals surface area contributed by atoms with Crippen LogP contribution in [0, 0.1) is 5.41 Å². The highest BCUT2D eigenvalue weighted by Gasteiger charge is 2.50. The first-order chi connectivity index (χ1) is 40.1. The Morgan fingerprint density at radius 2 is 1.16 bits per heavy atom. The van der Waals surface area contributed by atoms with Crippen LogP contribution in [0.3, 0.4) is 0 Å². The van der Waals surface area contributed by atoms with Crippen LogP contribution in [0.25, 0.3) is 21.5 Å². The maximum absolute atomic E-state index is 15.0. The molecular weight excluding hydrogens is 1260 g/mol. The summed E-state index contributed by atoms with van der Waals surface area (Å²) in [7, 11) is -29.7. The lowest BCUT2D eigenvalue weighted by molar-refractivity contribution is -0.433. The third kappa shape index (κ3) is 14.9. The van der Waals surface area contributed by atoms with Gasteiger partial charge in [-0.3, -0.25) is 41.7 Å². The molecule has 0 saturated carbocycles. The third-order valence-electron chi connectivity index (χ3n) is 15.5. The molecule has 26 nitrogen and oxygen atoms in total. The van der Waals surface area contributed by atoms with E-state index in [0.29, 0.717) is 54.1 Å². The number of hydrogen-bond acceptors (Lipinski definition) is 17. The molecular formula is C55H67N4O22S6+. The zero-order valence-corrected chi connectivity index (χ0v) is 52.9. The van der Waals surface area contributed by atoms with Crippen LogP contribution in [0.1, 0.15) is 97.6 Å². The largest absolute Gasteiger partial charge is 0.466 e. The maximum atomic E-state index is 15.0. The Bertz CT molecular complexity index is 4420. The molecule has 0 saturated heterocycles. The second kappa shape index (κ2) is 24.9. The van der Waals surface area contributed by atoms with Gasteiger partial charge in [-0.1, -0.05) is 44.6 Å². The third-order valence-corrected chi connectivity index (χ3v) is 20.5. The molecule has 7 rings (SSSR count). The fourth-order valence-corrected chi connectivity index (χ4v) is 15.3. The number of nitrogens with one attached hydrogen (secondary N) is 2. The number of benzene rings is 4. The minimum absolute atomic E-state index is 0.0143. The van der Waals surface area contributed by atoms with E-state index in [9.17, 15) is 87.4 Å². The van der Waals surface area contributed by atoms with Crippen molar-refractivity contribution in [3.8, 4) is 0 Å². The zero-order chi connectivity index (χ0) is 64.8. The lowest BCUT2D eigenvalue weighted by atomic mass is 9.70. The quantitative estimate of drug-likeness (QED) is 0.0136. The highest BCUT2D eigenvalue weighted by molar-refractivity contribution is 7.87. The summed E-state index contributed by atoms with van der Waals surface area (Å²) in [5.41, 5.74) is -1.95. The predicted molar refractivity (Wildman–Crippen MR) is 320 cm³/mol. The summed E-state index contributed by atoms with van der Waals surface area (Å²) in [6.45, 7) is 9.83. The minimum Gasteiger partial charge on any atom is -0.466 e. The first-order valence-electron chi connectivity index (χ1n) is 27.0. The molecule has 0 aromatic heterocycles. The van der Waals surface area contributed by atoms with Gasteiger partial charge in [-0.25, -0.2) is 0 Å². The monoisotopic (exact) mass is 1330 g/mol. The molecule has 0 bridgehead atoms. The van der Waals surface area contributed by atoms with Crippen molar-refractivity contribution in [2.75, 3.05) is 49.2 Å². The normalized spacial score (nSPS) is 19.0. The van der Waals surface area contributed by atoms with Crippen LogP contribution in [0.5, 0.6) is 0 Å². The molecule has 4 aromatic carbocycles. The highest BCUT2D eigenvalue weighted by atomic mass is 32.2. The van der Waals surface area contributed by atoms with Crippen molar-refractivity contribution in [3.05, 3.63) is 107 Å². The van der Waals surface area contributed by atoms with Crippen LogP contribution >= 0.6 is 0 Å². The van der Waals surface area contributed by atoms with Gasteiger partial charge in [0.05, 0.1) is 33.3 Å². The lowest BCUT2D eigenvalue weighted by Gasteiger charge is -2.35. The van der Waals surface area contributed by atoms with Crippen molar-refractivity contribution < 1.29 is 102 Å². The van der Waals surface area contributed by atoms with E-state index in [1.165, 1.54) is 24.3 Å². The summed E-state index contributed by atoms with van der Waals surface area (Å²) in [6, 6.07) is 8.96. The molecule has 1 atom stereocenters. The summed E-state index contributed by atoms with van der Waals surface area (Å²) < 4.78 is 217. The molecule has 1 unspecified atom stereocenters. The SMILES string of the molecule is CCOC(=O)CCCCCNC(=O)C1(C(=O)NCCS(=O)(=O)O)CC(/C=C/C2=[N+](CC)c3ccc4c(S(=O)(=O)O)cc(S(=O)(=O)O)cc4c3C2(C)C)=CC(=C/C=C2/N(CCCS(=O)(=O)O)c3ccc4c(S(=O)(=O)O)cc(S(=O)(=O)O)cc4c3C2(C)C)/C1. The predicted octanol–water partition coefficient (Wildman–Crippen LogP) is 5.77. The molecule has 3 aliphatic rings. The highest BCUT2D eigenvalue weighted by Crippen LogP contribution is 2.53. The number of fused-ring (bicyclic) bond motifs is 6. The second-order valence-electron chi connectivity index (χ2n) is 22.2. The number of anilines is 1. The Morgan fingerprint density at radius 3 is 1.69 bits per heavy atom. The fraction of sp³-hybridized carbons (Fsp3) is 0.418. The second-order valence-corrected chi connectivity index (χ2v) is 31.0. The van der Waals surface area contributed by atoms with Gasteiger partial charge in [0.1, 0.15) is 21.8 Å². The molecule has 474 valence electrons. The number of esters is 1. The molecule has 87 heavy (non-hydrogen) atoms. The first kappa shape index (κ1) is 68.2. The van der Waals surface area contributed by atoms with Crippen LogP contribution < -0.4 is 15.5 Å². The molecule has 4 aromatic rings. The molecule has 2 amide bonds. The Morgan fingerprint density at radius 1 is 0.609 bits per heavy atom. The van der Waals surface area contributed by atoms with Gasteiger partial charge in [0.15, 0.2) is 5.71 Å². The number of amides is 2. The van der Waals surface area contributed by atoms with Crippen molar-refractivity contribution in [2.24, 2.45) is 5.41 Å². The number of hydrogen-bond donors (Lipinski definition) is 8. The van der Waals surface area contributed by atoms with E-state index >= 15 is 4.79 Å². The Labute approximate surface area is 504 Å². The van der Waals surface area contributed by atoms with E-state index in [1.807, 2.05) is 4.58 Å². The van der Waals surface area contributed by atoms with Crippen LogP contribution in [0.15, 0.2) is 115 Å². The van der Waals surface area contributed by atoms with Crippen molar-refractivity contribution in [2.45, 2.75) is 117 Å². The Balaban J connectivity index is 1.44. The molecule has 32 heteroatoms. The average Bonchev–Trinajstić information content (AvgIpc) is 1.62. The summed E-state index contributed by atoms with van der Waals surface area (Å²) in [5.74, 6) is -3.92. The van der Waals surface area contributed by atoms with Crippen molar-refractivity contribution in [1.29, 1.82) is 0 Å². The van der Waals surface area contributed by atoms with Crippen LogP contribution in [0.2, 0.25) is 0 Å². The van der Waals surface area contributed by atoms with Crippen LogP contribution in [-0.2, 0) is 90.7 Å². The summed E-state index contributed by atoms with van der Waals surface area (Å²) in [5, 5.41) is 5.05. The van der Waals surface area contributed by atoms with Crippen LogP contribution in [0.4, 0.5) is 11.4 Å². The van der Waals surface area contributed by atoms with Gasteiger partial charge in [0.25, 0.3) is 60.7 Å². The molecule has 2 aliphatic heterocycles. The number of allylic oxidation sites excluding steroid dienone is 8. The van der Waals surface area contributed by atoms with Crippen molar-refractivity contribution in [1.82, 2.24) is 10.6 Å². The van der Waals surface area contributed by atoms with Crippen LogP contribution in [-0.4, -0.2) is 150 Å². The fourth-order valence-electron chi connectivity index (χ4n) is 11.7. The Kier molecular flexibility index (Phi) is 19.5. The topological polar surface area (TPSA) is 417 Å². The molecule has 0 spiro atoms. The molecule has 8 N–H and O–H groups in total. The van der Waals surface area contributed by atoms with Gasteiger partial charge >= 0.3 is 5.97 Å². The zero-order valence-electron chi connectivity index (χ0n) is 48.0. The van der Waals surface area contributed by atoms with Gasteiger partial charge in [-0.2, -0.15) is 55.1 Å². The van der Waals surface area contributed by atoms with Gasteiger partial charge < -0.3 is 20.3 Å².